The monoisotopic (exact) mass is 503 g/mol. The molecule has 0 unspecified atom stereocenters. The van der Waals surface area contributed by atoms with Crippen molar-refractivity contribution >= 4 is 29.0 Å². The summed E-state index contributed by atoms with van der Waals surface area (Å²) in [6, 6.07) is 18.3. The molecule has 2 heterocycles. The maximum Gasteiger partial charge on any atom is 0.412 e. The normalized spacial score (nSPS) is 17.9. The summed E-state index contributed by atoms with van der Waals surface area (Å²) in [5, 5.41) is 13.0. The van der Waals surface area contributed by atoms with Crippen molar-refractivity contribution in [1.82, 2.24) is 4.37 Å². The summed E-state index contributed by atoms with van der Waals surface area (Å²) in [6.07, 6.45) is 3.14. The lowest BCUT2D eigenvalue weighted by Crippen LogP contribution is -2.33. The summed E-state index contributed by atoms with van der Waals surface area (Å²) >= 11 is 1.48. The lowest BCUT2D eigenvalue weighted by atomic mass is 9.92. The number of benzene rings is 2. The quantitative estimate of drug-likeness (QED) is 0.332. The van der Waals surface area contributed by atoms with E-state index in [-0.39, 0.29) is 17.3 Å². The second-order valence-corrected chi connectivity index (χ2v) is 10.7. The number of ether oxygens (including phenoxy) is 1. The molecule has 0 bridgehead atoms. The number of carbonyl (C=O) groups excluding carboxylic acids is 1. The molecule has 3 aromatic rings. The summed E-state index contributed by atoms with van der Waals surface area (Å²) in [5.74, 6) is 0.625. The predicted octanol–water partition coefficient (Wildman–Crippen LogP) is 7.25. The van der Waals surface area contributed by atoms with Crippen molar-refractivity contribution in [2.45, 2.75) is 57.0 Å². The van der Waals surface area contributed by atoms with E-state index in [2.05, 4.69) is 45.4 Å². The zero-order valence-corrected chi connectivity index (χ0v) is 21.7. The third kappa shape index (κ3) is 4.85. The third-order valence-corrected chi connectivity index (χ3v) is 8.72. The molecule has 2 N–H and O–H groups in total. The number of aliphatic hydroxyl groups is 1. The van der Waals surface area contributed by atoms with Crippen LogP contribution in [0.3, 0.4) is 0 Å². The first-order valence-corrected chi connectivity index (χ1v) is 13.4. The Morgan fingerprint density at radius 1 is 1.17 bits per heavy atom. The van der Waals surface area contributed by atoms with Crippen LogP contribution in [0.1, 0.15) is 66.3 Å². The van der Waals surface area contributed by atoms with Gasteiger partial charge >= 0.3 is 6.09 Å². The minimum absolute atomic E-state index is 0.223. The van der Waals surface area contributed by atoms with Crippen LogP contribution in [0.5, 0.6) is 0 Å². The van der Waals surface area contributed by atoms with Crippen molar-refractivity contribution in [3.63, 3.8) is 0 Å². The highest BCUT2D eigenvalue weighted by Crippen LogP contribution is 2.52. The minimum Gasteiger partial charge on any atom is -0.512 e. The number of rotatable bonds is 7. The second-order valence-electron chi connectivity index (χ2n) is 9.93. The fraction of sp³-hybridized carbons (Fsp3) is 0.379. The molecule has 2 aliphatic rings. The number of hydrogen-bond acceptors (Lipinski definition) is 6. The predicted molar refractivity (Wildman–Crippen MR) is 145 cm³/mol. The highest BCUT2D eigenvalue weighted by atomic mass is 32.1. The van der Waals surface area contributed by atoms with Gasteiger partial charge in [0.25, 0.3) is 0 Å². The van der Waals surface area contributed by atoms with Crippen molar-refractivity contribution in [2.75, 3.05) is 23.3 Å². The maximum atomic E-state index is 12.7. The summed E-state index contributed by atoms with van der Waals surface area (Å²) < 4.78 is 10.2. The van der Waals surface area contributed by atoms with Gasteiger partial charge in [0.15, 0.2) is 0 Å². The van der Waals surface area contributed by atoms with E-state index >= 15 is 0 Å². The second kappa shape index (κ2) is 9.97. The number of aryl methyl sites for hydroxylation is 1. The van der Waals surface area contributed by atoms with E-state index in [1.54, 1.807) is 0 Å². The number of aromatic nitrogens is 1. The molecule has 1 saturated heterocycles. The molecular weight excluding hydrogens is 470 g/mol. The lowest BCUT2D eigenvalue weighted by molar-refractivity contribution is 0.121. The molecule has 5 rings (SSSR count). The minimum atomic E-state index is -0.451. The van der Waals surface area contributed by atoms with Crippen molar-refractivity contribution in [3.05, 3.63) is 88.6 Å². The zero-order chi connectivity index (χ0) is 25.3. The molecule has 7 heteroatoms. The highest BCUT2D eigenvalue weighted by molar-refractivity contribution is 7.06. The fourth-order valence-electron chi connectivity index (χ4n) is 5.16. The van der Waals surface area contributed by atoms with Crippen molar-refractivity contribution in [3.8, 4) is 0 Å². The fourth-order valence-corrected chi connectivity index (χ4v) is 6.16. The van der Waals surface area contributed by atoms with E-state index in [1.807, 2.05) is 44.2 Å². The number of allylic oxidation sites excluding steroid dienone is 1. The first-order chi connectivity index (χ1) is 17.4. The third-order valence-electron chi connectivity index (χ3n) is 7.62. The molecule has 188 valence electrons. The Morgan fingerprint density at radius 2 is 1.83 bits per heavy atom. The molecule has 1 atom stereocenters. The van der Waals surface area contributed by atoms with Crippen LogP contribution in [0.2, 0.25) is 0 Å². The molecule has 2 aromatic carbocycles. The zero-order valence-electron chi connectivity index (χ0n) is 20.9. The summed E-state index contributed by atoms with van der Waals surface area (Å²) in [4.78, 5) is 16.2. The van der Waals surface area contributed by atoms with Gasteiger partial charge in [0.1, 0.15) is 6.10 Å². The van der Waals surface area contributed by atoms with E-state index < -0.39 is 6.09 Å². The maximum absolute atomic E-state index is 12.7. The topological polar surface area (TPSA) is 74.7 Å². The van der Waals surface area contributed by atoms with Crippen LogP contribution in [-0.4, -0.2) is 28.7 Å². The Kier molecular flexibility index (Phi) is 6.75. The van der Waals surface area contributed by atoms with Crippen LogP contribution in [-0.2, 0) is 10.2 Å². The number of piperidine rings is 1. The van der Waals surface area contributed by atoms with Crippen molar-refractivity contribution in [1.29, 1.82) is 0 Å². The number of nitrogens with zero attached hydrogens (tertiary/aromatic N) is 2. The van der Waals surface area contributed by atoms with Crippen molar-refractivity contribution < 1.29 is 14.6 Å². The Balaban J connectivity index is 1.20. The molecule has 36 heavy (non-hydrogen) atoms. The van der Waals surface area contributed by atoms with Gasteiger partial charge in [0.2, 0.25) is 0 Å². The van der Waals surface area contributed by atoms with E-state index in [4.69, 9.17) is 4.74 Å². The van der Waals surface area contributed by atoms with Crippen molar-refractivity contribution in [2.24, 2.45) is 0 Å². The summed E-state index contributed by atoms with van der Waals surface area (Å²) in [6.45, 7) is 9.46. The van der Waals surface area contributed by atoms with Gasteiger partial charge in [-0.2, -0.15) is 4.37 Å². The van der Waals surface area contributed by atoms with Crippen LogP contribution in [0.15, 0.2) is 66.9 Å². The molecule has 1 aromatic heterocycles. The number of aliphatic hydroxyl groups excluding tert-OH is 1. The van der Waals surface area contributed by atoms with E-state index in [0.29, 0.717) is 5.92 Å². The Morgan fingerprint density at radius 3 is 2.44 bits per heavy atom. The van der Waals surface area contributed by atoms with Crippen LogP contribution < -0.4 is 10.2 Å². The molecule has 2 fully saturated rings. The SMILES string of the molecule is C=C(O)C1(c2ccc(N3CCC(c4snc(C)c4NC(=O)O[C@H](C)c4ccccc4)CC3)cc2)CC1. The molecule has 1 saturated carbocycles. The summed E-state index contributed by atoms with van der Waals surface area (Å²) in [7, 11) is 0. The van der Waals surface area contributed by atoms with Gasteiger partial charge in [0, 0.05) is 24.7 Å². The number of amides is 1. The van der Waals surface area contributed by atoms with Gasteiger partial charge in [-0.25, -0.2) is 4.79 Å². The van der Waals surface area contributed by atoms with Gasteiger partial charge in [-0.1, -0.05) is 49.0 Å². The summed E-state index contributed by atoms with van der Waals surface area (Å²) in [5.41, 5.74) is 4.72. The number of nitrogens with one attached hydrogen (secondary N) is 1. The molecule has 1 aliphatic carbocycles. The van der Waals surface area contributed by atoms with Gasteiger partial charge in [-0.15, -0.1) is 0 Å². The lowest BCUT2D eigenvalue weighted by Gasteiger charge is -2.33. The number of hydrogen-bond donors (Lipinski definition) is 2. The first-order valence-electron chi connectivity index (χ1n) is 12.6. The van der Waals surface area contributed by atoms with Gasteiger partial charge < -0.3 is 14.7 Å². The standard InChI is InChI=1S/C29H33N3O3S/c1-19-26(30-28(34)35-20(2)22-7-5-4-6-8-22)27(36-31-19)23-13-17-32(18-14-23)25-11-9-24(10-12-25)29(15-16-29)21(3)33/h4-12,20,23,33H,3,13-18H2,1-2H3,(H,30,34)/t20-/m1/s1. The van der Waals surface area contributed by atoms with E-state index in [9.17, 15) is 9.90 Å². The van der Waals surface area contributed by atoms with Gasteiger partial charge in [-0.05, 0) is 74.3 Å². The Hall–Kier alpha value is -3.32. The first kappa shape index (κ1) is 24.4. The average molecular weight is 504 g/mol. The molecule has 1 aliphatic heterocycles. The number of anilines is 2. The van der Waals surface area contributed by atoms with Crippen LogP contribution in [0.4, 0.5) is 16.2 Å². The molecule has 1 amide bonds. The Labute approximate surface area is 216 Å². The van der Waals surface area contributed by atoms with E-state index in [0.717, 1.165) is 66.2 Å². The van der Waals surface area contributed by atoms with Crippen LogP contribution in [0, 0.1) is 6.92 Å². The largest absolute Gasteiger partial charge is 0.512 e. The van der Waals surface area contributed by atoms with Crippen LogP contribution >= 0.6 is 11.5 Å². The van der Waals surface area contributed by atoms with Crippen LogP contribution in [0.25, 0.3) is 0 Å². The highest BCUT2D eigenvalue weighted by Gasteiger charge is 2.47. The average Bonchev–Trinajstić information content (AvgIpc) is 3.64. The number of carbonyl (C=O) groups is 1. The van der Waals surface area contributed by atoms with E-state index in [1.165, 1.54) is 17.2 Å². The smallest absolute Gasteiger partial charge is 0.412 e. The molecule has 0 spiro atoms. The van der Waals surface area contributed by atoms with Gasteiger partial charge in [-0.3, -0.25) is 5.32 Å². The Bertz CT molecular complexity index is 1230. The molecule has 0 radical (unpaired) electrons. The van der Waals surface area contributed by atoms with Gasteiger partial charge in [0.05, 0.1) is 27.4 Å². The molecular formula is C29H33N3O3S. The molecule has 6 nitrogen and oxygen atoms in total.